The highest BCUT2D eigenvalue weighted by molar-refractivity contribution is 5.72. The summed E-state index contributed by atoms with van der Waals surface area (Å²) >= 11 is 0. The van der Waals surface area contributed by atoms with Gasteiger partial charge in [-0.25, -0.2) is 14.8 Å². The number of carbonyl (C=O) groups excluding carboxylic acids is 1. The summed E-state index contributed by atoms with van der Waals surface area (Å²) in [6, 6.07) is 8.46. The van der Waals surface area contributed by atoms with Crippen LogP contribution in [0.1, 0.15) is 45.3 Å². The fourth-order valence-electron chi connectivity index (χ4n) is 4.66. The highest BCUT2D eigenvalue weighted by Crippen LogP contribution is 2.28. The van der Waals surface area contributed by atoms with E-state index in [1.807, 2.05) is 87.2 Å². The van der Waals surface area contributed by atoms with E-state index in [1.165, 1.54) is 0 Å². The Balaban J connectivity index is 1.25. The van der Waals surface area contributed by atoms with E-state index < -0.39 is 5.60 Å². The molecule has 1 fully saturated rings. The third-order valence-electron chi connectivity index (χ3n) is 6.52. The Morgan fingerprint density at radius 2 is 1.68 bits per heavy atom. The van der Waals surface area contributed by atoms with Gasteiger partial charge in [-0.3, -0.25) is 9.36 Å². The molecule has 4 heterocycles. The van der Waals surface area contributed by atoms with Crippen LogP contribution in [0.25, 0.3) is 33.6 Å². The second-order valence-corrected chi connectivity index (χ2v) is 10.6. The van der Waals surface area contributed by atoms with Gasteiger partial charge in [0.15, 0.2) is 5.82 Å². The molecule has 0 unspecified atom stereocenters. The Hall–Kier alpha value is -4.01. The molecule has 0 spiro atoms. The number of hydrogen-bond acceptors (Lipinski definition) is 6. The van der Waals surface area contributed by atoms with E-state index in [0.717, 1.165) is 46.4 Å². The van der Waals surface area contributed by atoms with E-state index in [1.54, 1.807) is 4.90 Å². The van der Waals surface area contributed by atoms with E-state index in [4.69, 9.17) is 4.74 Å². The fraction of sp³-hybridized carbons (Fsp3) is 0.393. The lowest BCUT2D eigenvalue weighted by Crippen LogP contribution is -2.42. The van der Waals surface area contributed by atoms with Crippen LogP contribution in [0.15, 0.2) is 55.2 Å². The predicted octanol–water partition coefficient (Wildman–Crippen LogP) is 5.29. The normalized spacial score (nSPS) is 14.7. The molecule has 9 nitrogen and oxygen atoms in total. The van der Waals surface area contributed by atoms with Crippen molar-refractivity contribution in [1.82, 2.24) is 34.4 Å². The Morgan fingerprint density at radius 3 is 2.32 bits per heavy atom. The molecule has 0 bridgehead atoms. The van der Waals surface area contributed by atoms with Crippen molar-refractivity contribution < 1.29 is 9.53 Å². The van der Waals surface area contributed by atoms with Gasteiger partial charge in [0.1, 0.15) is 5.60 Å². The minimum absolute atomic E-state index is 0.242. The zero-order valence-corrected chi connectivity index (χ0v) is 22.0. The molecule has 192 valence electrons. The summed E-state index contributed by atoms with van der Waals surface area (Å²) < 4.78 is 9.33. The molecule has 5 rings (SSSR count). The van der Waals surface area contributed by atoms with Crippen molar-refractivity contribution in [3.8, 4) is 33.6 Å². The number of aromatic nitrogens is 6. The Morgan fingerprint density at radius 1 is 0.973 bits per heavy atom. The maximum Gasteiger partial charge on any atom is 0.410 e. The lowest BCUT2D eigenvalue weighted by atomic mass is 10.0. The Bertz CT molecular complexity index is 1390. The number of nitrogens with zero attached hydrogens (tertiary/aromatic N) is 7. The third kappa shape index (κ3) is 5.55. The fourth-order valence-corrected chi connectivity index (χ4v) is 4.66. The number of ether oxygens (including phenoxy) is 1. The molecule has 1 saturated heterocycles. The van der Waals surface area contributed by atoms with Crippen LogP contribution in [0, 0.1) is 6.92 Å². The number of hydrogen-bond donors (Lipinski definition) is 0. The summed E-state index contributed by atoms with van der Waals surface area (Å²) in [7, 11) is 1.93. The van der Waals surface area contributed by atoms with Crippen molar-refractivity contribution in [2.75, 3.05) is 13.1 Å². The van der Waals surface area contributed by atoms with Crippen LogP contribution in [0.2, 0.25) is 0 Å². The monoisotopic (exact) mass is 499 g/mol. The van der Waals surface area contributed by atoms with Gasteiger partial charge in [-0.1, -0.05) is 18.2 Å². The van der Waals surface area contributed by atoms with Gasteiger partial charge in [-0.05, 0) is 52.2 Å². The second kappa shape index (κ2) is 9.80. The van der Waals surface area contributed by atoms with E-state index in [9.17, 15) is 4.79 Å². The van der Waals surface area contributed by atoms with Gasteiger partial charge in [-0.2, -0.15) is 10.2 Å². The van der Waals surface area contributed by atoms with Crippen LogP contribution < -0.4 is 0 Å². The van der Waals surface area contributed by atoms with E-state index in [-0.39, 0.29) is 12.1 Å². The van der Waals surface area contributed by atoms with Crippen molar-refractivity contribution in [2.45, 2.75) is 52.2 Å². The van der Waals surface area contributed by atoms with Crippen LogP contribution in [0.3, 0.4) is 0 Å². The molecule has 4 aromatic rings. The lowest BCUT2D eigenvalue weighted by molar-refractivity contribution is 0.0185. The number of likely N-dealkylation sites (tertiary alicyclic amines) is 1. The predicted molar refractivity (Wildman–Crippen MR) is 142 cm³/mol. The van der Waals surface area contributed by atoms with E-state index in [0.29, 0.717) is 18.9 Å². The van der Waals surface area contributed by atoms with Gasteiger partial charge in [0.25, 0.3) is 0 Å². The van der Waals surface area contributed by atoms with Crippen molar-refractivity contribution in [1.29, 1.82) is 0 Å². The molecule has 0 atom stereocenters. The molecule has 1 aromatic carbocycles. The topological polar surface area (TPSA) is 91.0 Å². The summed E-state index contributed by atoms with van der Waals surface area (Å²) in [5, 5.41) is 9.05. The van der Waals surface area contributed by atoms with Crippen LogP contribution in [-0.4, -0.2) is 59.2 Å². The summed E-state index contributed by atoms with van der Waals surface area (Å²) in [5.74, 6) is 0.675. The van der Waals surface area contributed by atoms with E-state index >= 15 is 0 Å². The first-order chi connectivity index (χ1) is 17.7. The molecule has 0 aliphatic carbocycles. The molecular formula is C28H33N7O2. The lowest BCUT2D eigenvalue weighted by Gasteiger charge is -2.33. The second-order valence-electron chi connectivity index (χ2n) is 10.6. The van der Waals surface area contributed by atoms with Crippen LogP contribution >= 0.6 is 0 Å². The zero-order valence-electron chi connectivity index (χ0n) is 22.0. The molecule has 1 aliphatic heterocycles. The Labute approximate surface area is 217 Å². The van der Waals surface area contributed by atoms with Crippen LogP contribution in [0.4, 0.5) is 4.79 Å². The summed E-state index contributed by atoms with van der Waals surface area (Å²) in [5.41, 5.74) is 5.55. The number of carbonyl (C=O) groups is 1. The number of amides is 1. The zero-order chi connectivity index (χ0) is 26.2. The first-order valence-corrected chi connectivity index (χ1v) is 12.6. The maximum absolute atomic E-state index is 12.3. The number of rotatable bonds is 4. The van der Waals surface area contributed by atoms with Crippen molar-refractivity contribution >= 4 is 6.09 Å². The summed E-state index contributed by atoms with van der Waals surface area (Å²) in [6.07, 6.45) is 11.0. The van der Waals surface area contributed by atoms with Gasteiger partial charge < -0.3 is 9.64 Å². The van der Waals surface area contributed by atoms with Crippen molar-refractivity contribution in [3.05, 3.63) is 60.9 Å². The summed E-state index contributed by atoms with van der Waals surface area (Å²) in [4.78, 5) is 23.4. The number of piperidine rings is 1. The molecule has 0 N–H and O–H groups in total. The van der Waals surface area contributed by atoms with Gasteiger partial charge in [-0.15, -0.1) is 0 Å². The Kier molecular flexibility index (Phi) is 6.54. The highest BCUT2D eigenvalue weighted by Gasteiger charge is 2.28. The first kappa shape index (κ1) is 24.7. The van der Waals surface area contributed by atoms with E-state index in [2.05, 4.69) is 32.3 Å². The molecule has 3 aromatic heterocycles. The molecule has 1 amide bonds. The van der Waals surface area contributed by atoms with Gasteiger partial charge in [0, 0.05) is 67.2 Å². The van der Waals surface area contributed by atoms with Crippen molar-refractivity contribution in [2.24, 2.45) is 7.05 Å². The average molecular weight is 500 g/mol. The SMILES string of the molecule is Cc1nn(C)cc1-c1cccc(-c2ncc(-c3cnn(C4CCN(C(=O)OC(C)(C)C)CC4)c3)cn2)c1. The van der Waals surface area contributed by atoms with Crippen LogP contribution in [0.5, 0.6) is 0 Å². The minimum Gasteiger partial charge on any atom is -0.444 e. The smallest absolute Gasteiger partial charge is 0.410 e. The molecule has 0 radical (unpaired) electrons. The molecule has 0 saturated carbocycles. The van der Waals surface area contributed by atoms with Gasteiger partial charge >= 0.3 is 6.09 Å². The quantitative estimate of drug-likeness (QED) is 0.379. The first-order valence-electron chi connectivity index (χ1n) is 12.6. The minimum atomic E-state index is -0.482. The number of benzene rings is 1. The molecule has 9 heteroatoms. The van der Waals surface area contributed by atoms with Gasteiger partial charge in [0.05, 0.1) is 17.9 Å². The largest absolute Gasteiger partial charge is 0.444 e. The van der Waals surface area contributed by atoms with Crippen molar-refractivity contribution in [3.63, 3.8) is 0 Å². The molecule has 37 heavy (non-hydrogen) atoms. The average Bonchev–Trinajstić information content (AvgIpc) is 3.50. The molecule has 1 aliphatic rings. The molecular weight excluding hydrogens is 466 g/mol. The standard InChI is InChI=1S/C28H33N7O2/c1-19-25(18-33(5)32-19)20-7-6-8-21(13-20)26-29-14-22(15-30-26)23-16-31-35(17-23)24-9-11-34(12-10-24)27(36)37-28(2,3)4/h6-8,13-18,24H,9-12H2,1-5H3. The third-order valence-corrected chi connectivity index (χ3v) is 6.52. The van der Waals surface area contributed by atoms with Crippen LogP contribution in [-0.2, 0) is 11.8 Å². The summed E-state index contributed by atoms with van der Waals surface area (Å²) in [6.45, 7) is 8.99. The highest BCUT2D eigenvalue weighted by atomic mass is 16.6. The maximum atomic E-state index is 12.3. The number of aryl methyl sites for hydroxylation is 2. The van der Waals surface area contributed by atoms with Gasteiger partial charge in [0.2, 0.25) is 0 Å².